The van der Waals surface area contributed by atoms with Gasteiger partial charge in [0.05, 0.1) is 6.61 Å². The highest BCUT2D eigenvalue weighted by Crippen LogP contribution is 2.06. The van der Waals surface area contributed by atoms with Gasteiger partial charge in [-0.1, -0.05) is 0 Å². The lowest BCUT2D eigenvalue weighted by Crippen LogP contribution is -2.04. The van der Waals surface area contributed by atoms with Crippen molar-refractivity contribution in [3.05, 3.63) is 29.8 Å². The number of hydrogen-bond acceptors (Lipinski definition) is 4. The van der Waals surface area contributed by atoms with Crippen molar-refractivity contribution in [1.29, 1.82) is 0 Å². The predicted molar refractivity (Wildman–Crippen MR) is 53.7 cm³/mol. The van der Waals surface area contributed by atoms with Crippen LogP contribution in [0.4, 0.5) is 0 Å². The molecular formula is C10H11N3O2. The van der Waals surface area contributed by atoms with Gasteiger partial charge < -0.3 is 4.74 Å². The largest absolute Gasteiger partial charge is 0.461 e. The molecule has 2 heterocycles. The maximum absolute atomic E-state index is 11.4. The van der Waals surface area contributed by atoms with E-state index >= 15 is 0 Å². The van der Waals surface area contributed by atoms with Crippen LogP contribution in [0.5, 0.6) is 0 Å². The second-order valence-electron chi connectivity index (χ2n) is 3.10. The Kier molecular flexibility index (Phi) is 2.37. The van der Waals surface area contributed by atoms with E-state index in [0.717, 1.165) is 5.69 Å². The molecule has 0 saturated heterocycles. The van der Waals surface area contributed by atoms with Gasteiger partial charge in [0, 0.05) is 18.1 Å². The summed E-state index contributed by atoms with van der Waals surface area (Å²) in [5.41, 5.74) is 1.27. The summed E-state index contributed by atoms with van der Waals surface area (Å²) in [7, 11) is 0. The molecule has 0 fully saturated rings. The zero-order valence-electron chi connectivity index (χ0n) is 8.60. The number of nitrogens with zero attached hydrogens (tertiary/aromatic N) is 3. The van der Waals surface area contributed by atoms with E-state index in [1.54, 1.807) is 23.7 Å². The molecule has 0 atom stereocenters. The maximum atomic E-state index is 11.4. The summed E-state index contributed by atoms with van der Waals surface area (Å²) < 4.78 is 6.61. The molecule has 2 aromatic heterocycles. The van der Waals surface area contributed by atoms with Gasteiger partial charge in [-0.25, -0.2) is 14.8 Å². The van der Waals surface area contributed by atoms with E-state index in [0.29, 0.717) is 18.1 Å². The number of ether oxygens (including phenoxy) is 1. The van der Waals surface area contributed by atoms with Gasteiger partial charge >= 0.3 is 5.97 Å². The Hall–Kier alpha value is -1.91. The number of aryl methyl sites for hydroxylation is 1. The van der Waals surface area contributed by atoms with Crippen LogP contribution in [0.15, 0.2) is 18.5 Å². The number of esters is 1. The van der Waals surface area contributed by atoms with Crippen molar-refractivity contribution in [3.8, 4) is 0 Å². The number of carbonyl (C=O) groups excluding carboxylic acids is 1. The molecule has 0 aliphatic carbocycles. The Bertz CT molecular complexity index is 504. The lowest BCUT2D eigenvalue weighted by Gasteiger charge is -1.95. The van der Waals surface area contributed by atoms with Crippen LogP contribution in [0.1, 0.15) is 23.1 Å². The first-order valence-corrected chi connectivity index (χ1v) is 4.70. The average molecular weight is 205 g/mol. The normalized spacial score (nSPS) is 10.5. The molecule has 0 spiro atoms. The molecule has 78 valence electrons. The van der Waals surface area contributed by atoms with Gasteiger partial charge in [0.15, 0.2) is 5.69 Å². The molecule has 0 bridgehead atoms. The fraction of sp³-hybridized carbons (Fsp3) is 0.300. The Morgan fingerprint density at radius 2 is 2.40 bits per heavy atom. The van der Waals surface area contributed by atoms with Crippen LogP contribution in [0.25, 0.3) is 5.78 Å². The van der Waals surface area contributed by atoms with Crippen LogP contribution in [0, 0.1) is 6.92 Å². The van der Waals surface area contributed by atoms with Gasteiger partial charge in [-0.15, -0.1) is 0 Å². The number of aromatic nitrogens is 3. The summed E-state index contributed by atoms with van der Waals surface area (Å²) >= 11 is 0. The predicted octanol–water partition coefficient (Wildman–Crippen LogP) is 1.21. The van der Waals surface area contributed by atoms with E-state index in [9.17, 15) is 4.79 Å². The summed E-state index contributed by atoms with van der Waals surface area (Å²) in [5, 5.41) is 0. The minimum atomic E-state index is -0.414. The first-order valence-electron chi connectivity index (χ1n) is 4.70. The molecule has 0 aromatic carbocycles. The van der Waals surface area contributed by atoms with Crippen LogP contribution in [0.3, 0.4) is 0 Å². The monoisotopic (exact) mass is 205 g/mol. The molecule has 0 amide bonds. The number of imidazole rings is 1. The van der Waals surface area contributed by atoms with Gasteiger partial charge in [0.2, 0.25) is 5.78 Å². The van der Waals surface area contributed by atoms with Crippen molar-refractivity contribution in [2.45, 2.75) is 13.8 Å². The molecule has 0 unspecified atom stereocenters. The SMILES string of the molecule is CCOC(=O)c1cn2c(C)ccnc2n1. The topological polar surface area (TPSA) is 56.5 Å². The molecule has 0 radical (unpaired) electrons. The third-order valence-electron chi connectivity index (χ3n) is 2.06. The zero-order chi connectivity index (χ0) is 10.8. The van der Waals surface area contributed by atoms with Crippen molar-refractivity contribution < 1.29 is 9.53 Å². The molecule has 5 heteroatoms. The van der Waals surface area contributed by atoms with E-state index < -0.39 is 5.97 Å². The molecule has 0 aliphatic heterocycles. The van der Waals surface area contributed by atoms with Crippen molar-refractivity contribution in [3.63, 3.8) is 0 Å². The van der Waals surface area contributed by atoms with Crippen LogP contribution in [0.2, 0.25) is 0 Å². The van der Waals surface area contributed by atoms with Crippen molar-refractivity contribution in [1.82, 2.24) is 14.4 Å². The highest BCUT2D eigenvalue weighted by Gasteiger charge is 2.12. The molecule has 2 aromatic rings. The van der Waals surface area contributed by atoms with Crippen LogP contribution in [-0.4, -0.2) is 26.9 Å². The summed E-state index contributed by atoms with van der Waals surface area (Å²) in [4.78, 5) is 19.5. The van der Waals surface area contributed by atoms with Gasteiger partial charge in [0.1, 0.15) is 0 Å². The number of rotatable bonds is 2. The fourth-order valence-electron chi connectivity index (χ4n) is 1.32. The quantitative estimate of drug-likeness (QED) is 0.691. The summed E-state index contributed by atoms with van der Waals surface area (Å²) in [6, 6.07) is 1.85. The van der Waals surface area contributed by atoms with Crippen LogP contribution < -0.4 is 0 Å². The van der Waals surface area contributed by atoms with E-state index in [4.69, 9.17) is 4.74 Å². The Labute approximate surface area is 86.7 Å². The molecule has 5 nitrogen and oxygen atoms in total. The van der Waals surface area contributed by atoms with E-state index in [2.05, 4.69) is 9.97 Å². The zero-order valence-corrected chi connectivity index (χ0v) is 8.60. The number of carbonyl (C=O) groups is 1. The van der Waals surface area contributed by atoms with Crippen molar-refractivity contribution >= 4 is 11.7 Å². The molecule has 0 saturated carbocycles. The highest BCUT2D eigenvalue weighted by molar-refractivity contribution is 5.87. The average Bonchev–Trinajstić information content (AvgIpc) is 2.63. The number of fused-ring (bicyclic) bond motifs is 1. The molecule has 0 aliphatic rings. The van der Waals surface area contributed by atoms with Gasteiger partial charge in [-0.05, 0) is 19.9 Å². The third kappa shape index (κ3) is 1.68. The second-order valence-corrected chi connectivity index (χ2v) is 3.10. The smallest absolute Gasteiger partial charge is 0.358 e. The first-order chi connectivity index (χ1) is 7.22. The molecule has 2 rings (SSSR count). The summed E-state index contributed by atoms with van der Waals surface area (Å²) in [6.07, 6.45) is 3.29. The summed E-state index contributed by atoms with van der Waals surface area (Å²) in [6.45, 7) is 4.03. The molecule has 15 heavy (non-hydrogen) atoms. The Morgan fingerprint density at radius 3 is 3.07 bits per heavy atom. The maximum Gasteiger partial charge on any atom is 0.358 e. The lowest BCUT2D eigenvalue weighted by atomic mass is 10.4. The Morgan fingerprint density at radius 1 is 1.60 bits per heavy atom. The van der Waals surface area contributed by atoms with E-state index in [1.165, 1.54) is 0 Å². The molecular weight excluding hydrogens is 194 g/mol. The minimum Gasteiger partial charge on any atom is -0.461 e. The first kappa shape index (κ1) is 9.64. The second kappa shape index (κ2) is 3.68. The van der Waals surface area contributed by atoms with Gasteiger partial charge in [0.25, 0.3) is 0 Å². The van der Waals surface area contributed by atoms with Crippen molar-refractivity contribution in [2.75, 3.05) is 6.61 Å². The molecule has 0 N–H and O–H groups in total. The standard InChI is InChI=1S/C10H11N3O2/c1-3-15-9(14)8-6-13-7(2)4-5-11-10(13)12-8/h4-6H,3H2,1-2H3. The summed E-state index contributed by atoms with van der Waals surface area (Å²) in [5.74, 6) is 0.0976. The fourth-order valence-corrected chi connectivity index (χ4v) is 1.32. The third-order valence-corrected chi connectivity index (χ3v) is 2.06. The minimum absolute atomic E-state index is 0.290. The lowest BCUT2D eigenvalue weighted by molar-refractivity contribution is 0.0520. The van der Waals surface area contributed by atoms with Crippen LogP contribution >= 0.6 is 0 Å². The number of hydrogen-bond donors (Lipinski definition) is 0. The van der Waals surface area contributed by atoms with E-state index in [1.807, 2.05) is 13.0 Å². The van der Waals surface area contributed by atoms with Gasteiger partial charge in [-0.2, -0.15) is 0 Å². The highest BCUT2D eigenvalue weighted by atomic mass is 16.5. The van der Waals surface area contributed by atoms with Crippen molar-refractivity contribution in [2.24, 2.45) is 0 Å². The van der Waals surface area contributed by atoms with Crippen LogP contribution in [-0.2, 0) is 4.74 Å². The Balaban J connectivity index is 2.47. The van der Waals surface area contributed by atoms with Gasteiger partial charge in [-0.3, -0.25) is 4.40 Å². The van der Waals surface area contributed by atoms with E-state index in [-0.39, 0.29) is 0 Å².